The molecule has 0 radical (unpaired) electrons. The van der Waals surface area contributed by atoms with Crippen molar-refractivity contribution in [2.45, 2.75) is 20.4 Å². The van der Waals surface area contributed by atoms with Crippen molar-refractivity contribution in [1.29, 1.82) is 0 Å². The fourth-order valence-electron chi connectivity index (χ4n) is 2.51. The van der Waals surface area contributed by atoms with Crippen LogP contribution in [0.25, 0.3) is 0 Å². The molecule has 1 saturated heterocycles. The van der Waals surface area contributed by atoms with E-state index in [1.54, 1.807) is 7.11 Å². The Hall–Kier alpha value is -1.22. The number of methoxy groups -OCH3 is 1. The minimum Gasteiger partial charge on any atom is -0.496 e. The highest BCUT2D eigenvalue weighted by molar-refractivity contribution is 5.48. The molecule has 1 heterocycles. The van der Waals surface area contributed by atoms with Crippen LogP contribution in [0.3, 0.4) is 0 Å². The summed E-state index contributed by atoms with van der Waals surface area (Å²) in [7, 11) is 1.70. The van der Waals surface area contributed by atoms with Gasteiger partial charge in [-0.1, -0.05) is 19.9 Å². The van der Waals surface area contributed by atoms with Crippen LogP contribution in [0.1, 0.15) is 19.4 Å². The van der Waals surface area contributed by atoms with Gasteiger partial charge in [0.2, 0.25) is 0 Å². The topological polar surface area (TPSA) is 38.5 Å². The number of hydrogen-bond acceptors (Lipinski definition) is 3. The highest BCUT2D eigenvalue weighted by atomic mass is 16.5. The number of nitrogen functional groups attached to an aromatic ring is 1. The maximum Gasteiger partial charge on any atom is 0.125 e. The molecule has 0 spiro atoms. The fourth-order valence-corrected chi connectivity index (χ4v) is 2.51. The quantitative estimate of drug-likeness (QED) is 0.816. The monoisotopic (exact) mass is 234 g/mol. The molecule has 1 aromatic rings. The summed E-state index contributed by atoms with van der Waals surface area (Å²) in [5, 5.41) is 0. The highest BCUT2D eigenvalue weighted by Crippen LogP contribution is 2.27. The van der Waals surface area contributed by atoms with Gasteiger partial charge in [-0.05, 0) is 17.9 Å². The minimum atomic E-state index is 0.758. The number of nitrogens with two attached hydrogens (primary N) is 1. The number of likely N-dealkylation sites (tertiary alicyclic amines) is 1. The van der Waals surface area contributed by atoms with Crippen LogP contribution in [0.4, 0.5) is 5.69 Å². The average Bonchev–Trinajstić information content (AvgIpc) is 2.60. The maximum atomic E-state index is 5.76. The molecule has 17 heavy (non-hydrogen) atoms. The number of nitrogens with zero attached hydrogens (tertiary/aromatic N) is 1. The van der Waals surface area contributed by atoms with Crippen molar-refractivity contribution in [2.75, 3.05) is 25.9 Å². The molecule has 1 aromatic carbocycles. The van der Waals surface area contributed by atoms with Crippen LogP contribution in [-0.4, -0.2) is 25.1 Å². The number of benzene rings is 1. The first kappa shape index (κ1) is 12.2. The summed E-state index contributed by atoms with van der Waals surface area (Å²) in [4.78, 5) is 2.49. The molecular formula is C14H22N2O. The van der Waals surface area contributed by atoms with Crippen molar-refractivity contribution in [1.82, 2.24) is 4.90 Å². The Morgan fingerprint density at radius 2 is 1.94 bits per heavy atom. The van der Waals surface area contributed by atoms with E-state index in [1.807, 2.05) is 12.1 Å². The number of rotatable bonds is 3. The van der Waals surface area contributed by atoms with Gasteiger partial charge in [0.25, 0.3) is 0 Å². The van der Waals surface area contributed by atoms with E-state index in [4.69, 9.17) is 10.5 Å². The first-order valence-electron chi connectivity index (χ1n) is 6.25. The predicted octanol–water partition coefficient (Wildman–Crippen LogP) is 2.37. The molecule has 1 aliphatic heterocycles. The van der Waals surface area contributed by atoms with E-state index in [2.05, 4.69) is 24.8 Å². The van der Waals surface area contributed by atoms with Crippen LogP contribution >= 0.6 is 0 Å². The van der Waals surface area contributed by atoms with Gasteiger partial charge < -0.3 is 10.5 Å². The molecule has 0 saturated carbocycles. The van der Waals surface area contributed by atoms with Gasteiger partial charge in [-0.15, -0.1) is 0 Å². The zero-order chi connectivity index (χ0) is 12.4. The molecule has 2 rings (SSSR count). The summed E-state index contributed by atoms with van der Waals surface area (Å²) in [5.74, 6) is 2.47. The van der Waals surface area contributed by atoms with Crippen LogP contribution in [0.5, 0.6) is 5.75 Å². The van der Waals surface area contributed by atoms with Crippen LogP contribution in [0, 0.1) is 11.8 Å². The standard InChI is InChI=1S/C14H22N2O/c1-10-7-16(8-11(10)2)9-12-4-5-13(15)6-14(12)17-3/h4-6,10-11H,7-9,15H2,1-3H3. The van der Waals surface area contributed by atoms with E-state index < -0.39 is 0 Å². The van der Waals surface area contributed by atoms with E-state index in [0.717, 1.165) is 29.8 Å². The molecule has 0 bridgehead atoms. The van der Waals surface area contributed by atoms with Crippen LogP contribution < -0.4 is 10.5 Å². The number of anilines is 1. The molecule has 3 heteroatoms. The second-order valence-corrected chi connectivity index (χ2v) is 5.22. The van der Waals surface area contributed by atoms with Crippen molar-refractivity contribution < 1.29 is 4.74 Å². The zero-order valence-corrected chi connectivity index (χ0v) is 10.9. The largest absolute Gasteiger partial charge is 0.496 e. The second-order valence-electron chi connectivity index (χ2n) is 5.22. The third-order valence-electron chi connectivity index (χ3n) is 3.77. The van der Waals surface area contributed by atoms with Gasteiger partial charge in [-0.25, -0.2) is 0 Å². The van der Waals surface area contributed by atoms with Crippen LogP contribution in [0.2, 0.25) is 0 Å². The first-order chi connectivity index (χ1) is 8.10. The summed E-state index contributed by atoms with van der Waals surface area (Å²) in [5.41, 5.74) is 7.74. The Labute approximate surface area is 104 Å². The minimum absolute atomic E-state index is 0.758. The zero-order valence-electron chi connectivity index (χ0n) is 10.9. The summed E-state index contributed by atoms with van der Waals surface area (Å²) < 4.78 is 5.38. The number of hydrogen-bond donors (Lipinski definition) is 1. The third kappa shape index (κ3) is 2.72. The molecule has 0 aliphatic carbocycles. The molecule has 1 aliphatic rings. The predicted molar refractivity (Wildman–Crippen MR) is 71.0 cm³/mol. The summed E-state index contributed by atoms with van der Waals surface area (Å²) in [6.07, 6.45) is 0. The van der Waals surface area contributed by atoms with Gasteiger partial charge in [0.15, 0.2) is 0 Å². The molecule has 3 nitrogen and oxygen atoms in total. The van der Waals surface area contributed by atoms with E-state index in [0.29, 0.717) is 0 Å². The van der Waals surface area contributed by atoms with Crippen LogP contribution in [0.15, 0.2) is 18.2 Å². The van der Waals surface area contributed by atoms with Gasteiger partial charge in [-0.2, -0.15) is 0 Å². The Bertz CT molecular complexity index is 382. The smallest absolute Gasteiger partial charge is 0.125 e. The molecular weight excluding hydrogens is 212 g/mol. The van der Waals surface area contributed by atoms with E-state index in [9.17, 15) is 0 Å². The summed E-state index contributed by atoms with van der Waals surface area (Å²) >= 11 is 0. The molecule has 94 valence electrons. The molecule has 1 fully saturated rings. The van der Waals surface area contributed by atoms with Gasteiger partial charge in [0.05, 0.1) is 7.11 Å². The number of ether oxygens (including phenoxy) is 1. The van der Waals surface area contributed by atoms with E-state index >= 15 is 0 Å². The van der Waals surface area contributed by atoms with Crippen LogP contribution in [-0.2, 0) is 6.54 Å². The summed E-state index contributed by atoms with van der Waals surface area (Å²) in [6, 6.07) is 5.92. The molecule has 2 N–H and O–H groups in total. The van der Waals surface area contributed by atoms with Crippen molar-refractivity contribution in [2.24, 2.45) is 11.8 Å². The molecule has 2 unspecified atom stereocenters. The maximum absolute atomic E-state index is 5.76. The lowest BCUT2D eigenvalue weighted by Crippen LogP contribution is -2.20. The lowest BCUT2D eigenvalue weighted by atomic mass is 10.0. The van der Waals surface area contributed by atoms with Gasteiger partial charge in [0.1, 0.15) is 5.75 Å². The molecule has 0 aromatic heterocycles. The lowest BCUT2D eigenvalue weighted by Gasteiger charge is -2.17. The Morgan fingerprint density at radius 1 is 1.29 bits per heavy atom. The Morgan fingerprint density at radius 3 is 2.53 bits per heavy atom. The lowest BCUT2D eigenvalue weighted by molar-refractivity contribution is 0.307. The van der Waals surface area contributed by atoms with Crippen molar-refractivity contribution in [3.05, 3.63) is 23.8 Å². The third-order valence-corrected chi connectivity index (χ3v) is 3.77. The van der Waals surface area contributed by atoms with Crippen molar-refractivity contribution in [3.8, 4) is 5.75 Å². The first-order valence-corrected chi connectivity index (χ1v) is 6.25. The highest BCUT2D eigenvalue weighted by Gasteiger charge is 2.26. The van der Waals surface area contributed by atoms with Gasteiger partial charge in [0, 0.05) is 37.0 Å². The van der Waals surface area contributed by atoms with E-state index in [-0.39, 0.29) is 0 Å². The molecule has 2 atom stereocenters. The van der Waals surface area contributed by atoms with Gasteiger partial charge in [-0.3, -0.25) is 4.90 Å². The fraction of sp³-hybridized carbons (Fsp3) is 0.571. The Balaban J connectivity index is 2.09. The van der Waals surface area contributed by atoms with Crippen molar-refractivity contribution in [3.63, 3.8) is 0 Å². The molecule has 0 amide bonds. The van der Waals surface area contributed by atoms with E-state index in [1.165, 1.54) is 18.7 Å². The summed E-state index contributed by atoms with van der Waals surface area (Å²) in [6.45, 7) is 7.96. The van der Waals surface area contributed by atoms with Gasteiger partial charge >= 0.3 is 0 Å². The SMILES string of the molecule is COc1cc(N)ccc1CN1CC(C)C(C)C1. The average molecular weight is 234 g/mol. The second kappa shape index (κ2) is 4.96. The Kier molecular flexibility index (Phi) is 3.57. The van der Waals surface area contributed by atoms with Crippen molar-refractivity contribution >= 4 is 5.69 Å². The normalized spacial score (nSPS) is 25.1.